The summed E-state index contributed by atoms with van der Waals surface area (Å²) in [6, 6.07) is -0.832. The number of ketones is 1. The number of rotatable bonds is 2. The van der Waals surface area contributed by atoms with Crippen LogP contribution in [0.15, 0.2) is 0 Å². The van der Waals surface area contributed by atoms with Crippen molar-refractivity contribution in [3.05, 3.63) is 0 Å². The largest absolute Gasteiger partial charge is 0.467 e. The van der Waals surface area contributed by atoms with Crippen LogP contribution in [-0.4, -0.2) is 49.0 Å². The Bertz CT molecular complexity index is 288. The van der Waals surface area contributed by atoms with Gasteiger partial charge in [-0.3, -0.25) is 9.69 Å². The van der Waals surface area contributed by atoms with Crippen LogP contribution in [0.5, 0.6) is 0 Å². The lowest BCUT2D eigenvalue weighted by molar-refractivity contribution is -0.145. The van der Waals surface area contributed by atoms with E-state index in [0.29, 0.717) is 0 Å². The Balaban J connectivity index is 2.72. The molecule has 0 bridgehead atoms. The van der Waals surface area contributed by atoms with Crippen LogP contribution in [0.1, 0.15) is 13.3 Å². The average Bonchev–Trinajstić information content (AvgIpc) is 2.59. The van der Waals surface area contributed by atoms with Crippen LogP contribution in [0.2, 0.25) is 0 Å². The molecular formula is C9H13NO5. The second-order valence-electron chi connectivity index (χ2n) is 3.11. The van der Waals surface area contributed by atoms with E-state index in [-0.39, 0.29) is 25.4 Å². The van der Waals surface area contributed by atoms with E-state index in [2.05, 4.69) is 4.74 Å². The van der Waals surface area contributed by atoms with Crippen molar-refractivity contribution in [1.82, 2.24) is 4.90 Å². The Kier molecular flexibility index (Phi) is 3.65. The van der Waals surface area contributed by atoms with Gasteiger partial charge in [-0.25, -0.2) is 9.59 Å². The van der Waals surface area contributed by atoms with Crippen molar-refractivity contribution < 1.29 is 23.9 Å². The average molecular weight is 215 g/mol. The third-order valence-electron chi connectivity index (χ3n) is 2.12. The molecule has 0 aromatic rings. The van der Waals surface area contributed by atoms with Gasteiger partial charge in [0.2, 0.25) is 0 Å². The highest BCUT2D eigenvalue weighted by Crippen LogP contribution is 2.16. The monoisotopic (exact) mass is 215 g/mol. The van der Waals surface area contributed by atoms with Gasteiger partial charge < -0.3 is 9.47 Å². The minimum absolute atomic E-state index is 0.00544. The summed E-state index contributed by atoms with van der Waals surface area (Å²) in [7, 11) is 1.22. The number of esters is 1. The van der Waals surface area contributed by atoms with E-state index in [1.807, 2.05) is 0 Å². The lowest BCUT2D eigenvalue weighted by atomic mass is 10.2. The molecule has 1 heterocycles. The topological polar surface area (TPSA) is 72.9 Å². The highest BCUT2D eigenvalue weighted by atomic mass is 16.6. The molecule has 1 atom stereocenters. The summed E-state index contributed by atoms with van der Waals surface area (Å²) in [6.07, 6.45) is -0.648. The van der Waals surface area contributed by atoms with Crippen molar-refractivity contribution in [3.63, 3.8) is 0 Å². The van der Waals surface area contributed by atoms with Gasteiger partial charge in [-0.15, -0.1) is 0 Å². The standard InChI is InChI=1S/C9H13NO5/c1-3-15-9(13)10-5-6(11)4-7(10)8(12)14-2/h7H,3-5H2,1-2H3. The second-order valence-corrected chi connectivity index (χ2v) is 3.11. The summed E-state index contributed by atoms with van der Waals surface area (Å²) in [5.74, 6) is -0.757. The number of carbonyl (C=O) groups excluding carboxylic acids is 3. The van der Waals surface area contributed by atoms with E-state index in [1.54, 1.807) is 6.92 Å². The van der Waals surface area contributed by atoms with Crippen LogP contribution in [0.3, 0.4) is 0 Å². The van der Waals surface area contributed by atoms with Gasteiger partial charge in [-0.2, -0.15) is 0 Å². The Morgan fingerprint density at radius 1 is 1.53 bits per heavy atom. The summed E-state index contributed by atoms with van der Waals surface area (Å²) in [5, 5.41) is 0. The molecule has 0 aromatic heterocycles. The molecular weight excluding hydrogens is 202 g/mol. The minimum Gasteiger partial charge on any atom is -0.467 e. The lowest BCUT2D eigenvalue weighted by Gasteiger charge is -2.20. The maximum Gasteiger partial charge on any atom is 0.410 e. The summed E-state index contributed by atoms with van der Waals surface area (Å²) in [6.45, 7) is 1.78. The number of nitrogens with zero attached hydrogens (tertiary/aromatic N) is 1. The SMILES string of the molecule is CCOC(=O)N1CC(=O)CC1C(=O)OC. The van der Waals surface area contributed by atoms with E-state index >= 15 is 0 Å². The van der Waals surface area contributed by atoms with Crippen LogP contribution >= 0.6 is 0 Å². The van der Waals surface area contributed by atoms with Crippen LogP contribution in [-0.2, 0) is 19.1 Å². The molecule has 6 nitrogen and oxygen atoms in total. The van der Waals surface area contributed by atoms with Gasteiger partial charge in [0.1, 0.15) is 6.04 Å². The molecule has 6 heteroatoms. The fourth-order valence-corrected chi connectivity index (χ4v) is 1.44. The van der Waals surface area contributed by atoms with Gasteiger partial charge in [-0.1, -0.05) is 0 Å². The zero-order chi connectivity index (χ0) is 11.4. The van der Waals surface area contributed by atoms with Gasteiger partial charge in [0.25, 0.3) is 0 Å². The zero-order valence-electron chi connectivity index (χ0n) is 8.69. The van der Waals surface area contributed by atoms with Crippen molar-refractivity contribution in [2.45, 2.75) is 19.4 Å². The third kappa shape index (κ3) is 2.45. The fourth-order valence-electron chi connectivity index (χ4n) is 1.44. The summed E-state index contributed by atoms with van der Waals surface area (Å²) < 4.78 is 9.23. The van der Waals surface area contributed by atoms with E-state index in [0.717, 1.165) is 4.90 Å². The molecule has 1 rings (SSSR count). The van der Waals surface area contributed by atoms with Crippen molar-refractivity contribution in [2.24, 2.45) is 0 Å². The van der Waals surface area contributed by atoms with Gasteiger partial charge in [0.05, 0.1) is 20.3 Å². The quantitative estimate of drug-likeness (QED) is 0.604. The van der Waals surface area contributed by atoms with Crippen LogP contribution in [0, 0.1) is 0 Å². The number of hydrogen-bond donors (Lipinski definition) is 0. The highest BCUT2D eigenvalue weighted by Gasteiger charge is 2.40. The Morgan fingerprint density at radius 2 is 2.20 bits per heavy atom. The Labute approximate surface area is 87.1 Å². The summed E-state index contributed by atoms with van der Waals surface area (Å²) in [4.78, 5) is 34.9. The van der Waals surface area contributed by atoms with Gasteiger partial charge >= 0.3 is 12.1 Å². The molecule has 1 saturated heterocycles. The van der Waals surface area contributed by atoms with Crippen molar-refractivity contribution >= 4 is 17.8 Å². The Hall–Kier alpha value is -1.59. The first-order chi connectivity index (χ1) is 7.10. The van der Waals surface area contributed by atoms with E-state index < -0.39 is 18.1 Å². The molecule has 0 saturated carbocycles. The van der Waals surface area contributed by atoms with Crippen molar-refractivity contribution in [3.8, 4) is 0 Å². The number of methoxy groups -OCH3 is 1. The third-order valence-corrected chi connectivity index (χ3v) is 2.12. The van der Waals surface area contributed by atoms with Crippen LogP contribution in [0.4, 0.5) is 4.79 Å². The first-order valence-electron chi connectivity index (χ1n) is 4.63. The summed E-state index contributed by atoms with van der Waals surface area (Å²) >= 11 is 0. The highest BCUT2D eigenvalue weighted by molar-refractivity contribution is 5.95. The number of ether oxygens (including phenoxy) is 2. The molecule has 1 unspecified atom stereocenters. The molecule has 0 N–H and O–H groups in total. The number of amides is 1. The molecule has 15 heavy (non-hydrogen) atoms. The van der Waals surface area contributed by atoms with Crippen LogP contribution in [0.25, 0.3) is 0 Å². The molecule has 0 aliphatic carbocycles. The number of carbonyl (C=O) groups is 3. The zero-order valence-corrected chi connectivity index (χ0v) is 8.69. The maximum absolute atomic E-state index is 11.4. The lowest BCUT2D eigenvalue weighted by Crippen LogP contribution is -2.41. The molecule has 1 aliphatic rings. The Morgan fingerprint density at radius 3 is 2.73 bits per heavy atom. The number of likely N-dealkylation sites (tertiary alicyclic amines) is 1. The molecule has 0 aromatic carbocycles. The van der Waals surface area contributed by atoms with E-state index in [4.69, 9.17) is 4.74 Å². The molecule has 1 fully saturated rings. The van der Waals surface area contributed by atoms with Crippen molar-refractivity contribution in [2.75, 3.05) is 20.3 Å². The second kappa shape index (κ2) is 4.77. The first kappa shape index (κ1) is 11.5. The minimum atomic E-state index is -0.832. The van der Waals surface area contributed by atoms with Gasteiger partial charge in [0, 0.05) is 6.42 Å². The molecule has 84 valence electrons. The molecule has 0 radical (unpaired) electrons. The molecule has 1 amide bonds. The van der Waals surface area contributed by atoms with Crippen LogP contribution < -0.4 is 0 Å². The normalized spacial score (nSPS) is 20.3. The predicted octanol–water partition coefficient (Wildman–Crippen LogP) is -0.0407. The molecule has 0 spiro atoms. The van der Waals surface area contributed by atoms with E-state index in [1.165, 1.54) is 7.11 Å². The van der Waals surface area contributed by atoms with E-state index in [9.17, 15) is 14.4 Å². The van der Waals surface area contributed by atoms with Gasteiger partial charge in [0.15, 0.2) is 5.78 Å². The first-order valence-corrected chi connectivity index (χ1v) is 4.63. The summed E-state index contributed by atoms with van der Waals surface area (Å²) in [5.41, 5.74) is 0. The number of hydrogen-bond acceptors (Lipinski definition) is 5. The molecule has 1 aliphatic heterocycles. The number of Topliss-reactive ketones (excluding diaryl/α,β-unsaturated/α-hetero) is 1. The van der Waals surface area contributed by atoms with Crippen molar-refractivity contribution in [1.29, 1.82) is 0 Å². The fraction of sp³-hybridized carbons (Fsp3) is 0.667. The predicted molar refractivity (Wildman–Crippen MR) is 49.2 cm³/mol. The maximum atomic E-state index is 11.4. The smallest absolute Gasteiger partial charge is 0.410 e. The van der Waals surface area contributed by atoms with Gasteiger partial charge in [-0.05, 0) is 6.92 Å².